The lowest BCUT2D eigenvalue weighted by atomic mass is 10.2. The van der Waals surface area contributed by atoms with Crippen molar-refractivity contribution in [3.8, 4) is 5.88 Å². The van der Waals surface area contributed by atoms with Crippen LogP contribution in [0, 0.1) is 13.8 Å². The average Bonchev–Trinajstić information content (AvgIpc) is 3.00. The topological polar surface area (TPSA) is 80.4 Å². The van der Waals surface area contributed by atoms with Crippen molar-refractivity contribution in [3.63, 3.8) is 0 Å². The number of nitrogens with zero attached hydrogens (tertiary/aromatic N) is 6. The maximum Gasteiger partial charge on any atom is 0.243 e. The number of hydrogen-bond donors (Lipinski definition) is 0. The van der Waals surface area contributed by atoms with Gasteiger partial charge >= 0.3 is 0 Å². The molecule has 124 valence electrons. The van der Waals surface area contributed by atoms with Gasteiger partial charge in [0.1, 0.15) is 0 Å². The Kier molecular flexibility index (Phi) is 4.42. The Morgan fingerprint density at radius 3 is 2.48 bits per heavy atom. The third-order valence-electron chi connectivity index (χ3n) is 4.07. The van der Waals surface area contributed by atoms with Gasteiger partial charge in [0.25, 0.3) is 0 Å². The quantitative estimate of drug-likeness (QED) is 0.836. The first-order chi connectivity index (χ1) is 11.1. The summed E-state index contributed by atoms with van der Waals surface area (Å²) in [5.41, 5.74) is 0.906. The number of aryl methyl sites for hydroxylation is 2. The van der Waals surface area contributed by atoms with Gasteiger partial charge in [-0.2, -0.15) is 9.97 Å². The van der Waals surface area contributed by atoms with Gasteiger partial charge < -0.3 is 14.2 Å². The number of aromatic nitrogens is 4. The van der Waals surface area contributed by atoms with E-state index in [4.69, 9.17) is 9.26 Å². The molecule has 1 aliphatic rings. The van der Waals surface area contributed by atoms with Crippen molar-refractivity contribution in [3.05, 3.63) is 23.5 Å². The molecule has 0 aromatic carbocycles. The standard InChI is InChI=1S/C15H22N6O2/c1-10-9-13(22-4)18-15(16-10)21-7-5-20(6-8-21)11(2)14-17-12(3)19-23-14/h9,11H,5-8H2,1-4H3/t11-/m0/s1. The van der Waals surface area contributed by atoms with Crippen LogP contribution in [-0.2, 0) is 0 Å². The number of ether oxygens (including phenoxy) is 1. The average molecular weight is 318 g/mol. The van der Waals surface area contributed by atoms with Crippen molar-refractivity contribution in [2.75, 3.05) is 38.2 Å². The van der Waals surface area contributed by atoms with Crippen LogP contribution in [-0.4, -0.2) is 58.3 Å². The van der Waals surface area contributed by atoms with Crippen molar-refractivity contribution in [1.29, 1.82) is 0 Å². The summed E-state index contributed by atoms with van der Waals surface area (Å²) < 4.78 is 10.5. The minimum atomic E-state index is 0.117. The monoisotopic (exact) mass is 318 g/mol. The van der Waals surface area contributed by atoms with E-state index in [1.807, 2.05) is 19.9 Å². The molecule has 1 saturated heterocycles. The summed E-state index contributed by atoms with van der Waals surface area (Å²) in [6.45, 7) is 9.36. The summed E-state index contributed by atoms with van der Waals surface area (Å²) >= 11 is 0. The van der Waals surface area contributed by atoms with E-state index >= 15 is 0 Å². The molecule has 0 radical (unpaired) electrons. The SMILES string of the molecule is COc1cc(C)nc(N2CCN([C@@H](C)c3nc(C)no3)CC2)n1. The van der Waals surface area contributed by atoms with Crippen molar-refractivity contribution in [1.82, 2.24) is 25.0 Å². The third kappa shape index (κ3) is 3.42. The first-order valence-electron chi connectivity index (χ1n) is 7.75. The zero-order chi connectivity index (χ0) is 16.4. The van der Waals surface area contributed by atoms with Crippen LogP contribution in [0.4, 0.5) is 5.95 Å². The first-order valence-corrected chi connectivity index (χ1v) is 7.75. The highest BCUT2D eigenvalue weighted by Gasteiger charge is 2.26. The van der Waals surface area contributed by atoms with E-state index < -0.39 is 0 Å². The molecule has 1 aliphatic heterocycles. The van der Waals surface area contributed by atoms with Crippen molar-refractivity contribution in [2.45, 2.75) is 26.8 Å². The summed E-state index contributed by atoms with van der Waals surface area (Å²) in [5, 5.41) is 3.87. The van der Waals surface area contributed by atoms with Gasteiger partial charge in [-0.15, -0.1) is 0 Å². The van der Waals surface area contributed by atoms with Gasteiger partial charge in [0.15, 0.2) is 5.82 Å². The molecule has 0 unspecified atom stereocenters. The second-order valence-electron chi connectivity index (χ2n) is 5.73. The minimum absolute atomic E-state index is 0.117. The molecule has 0 aliphatic carbocycles. The molecule has 0 saturated carbocycles. The maximum absolute atomic E-state index is 5.28. The van der Waals surface area contributed by atoms with Gasteiger partial charge in [-0.25, -0.2) is 4.98 Å². The van der Waals surface area contributed by atoms with E-state index in [0.29, 0.717) is 17.6 Å². The second kappa shape index (κ2) is 6.49. The molecule has 2 aromatic heterocycles. The fraction of sp³-hybridized carbons (Fsp3) is 0.600. The highest BCUT2D eigenvalue weighted by Crippen LogP contribution is 2.22. The van der Waals surface area contributed by atoms with Crippen LogP contribution < -0.4 is 9.64 Å². The molecule has 0 amide bonds. The van der Waals surface area contributed by atoms with Gasteiger partial charge in [0.2, 0.25) is 17.7 Å². The van der Waals surface area contributed by atoms with Crippen LogP contribution in [0.2, 0.25) is 0 Å². The molecule has 1 fully saturated rings. The number of rotatable bonds is 4. The highest BCUT2D eigenvalue weighted by atomic mass is 16.5. The molecule has 8 heteroatoms. The molecular formula is C15H22N6O2. The Morgan fingerprint density at radius 2 is 1.87 bits per heavy atom. The lowest BCUT2D eigenvalue weighted by Crippen LogP contribution is -2.47. The minimum Gasteiger partial charge on any atom is -0.481 e. The second-order valence-corrected chi connectivity index (χ2v) is 5.73. The van der Waals surface area contributed by atoms with Crippen molar-refractivity contribution >= 4 is 5.95 Å². The zero-order valence-corrected chi connectivity index (χ0v) is 14.0. The molecule has 3 rings (SSSR count). The number of methoxy groups -OCH3 is 1. The van der Waals surface area contributed by atoms with Gasteiger partial charge in [0, 0.05) is 37.9 Å². The van der Waals surface area contributed by atoms with Crippen LogP contribution in [0.25, 0.3) is 0 Å². The first kappa shape index (κ1) is 15.7. The summed E-state index contributed by atoms with van der Waals surface area (Å²) in [7, 11) is 1.62. The van der Waals surface area contributed by atoms with Crippen LogP contribution >= 0.6 is 0 Å². The lowest BCUT2D eigenvalue weighted by molar-refractivity contribution is 0.163. The molecule has 0 bridgehead atoms. The van der Waals surface area contributed by atoms with Crippen LogP contribution in [0.1, 0.15) is 30.4 Å². The molecule has 2 aromatic rings. The van der Waals surface area contributed by atoms with E-state index in [1.165, 1.54) is 0 Å². The Balaban J connectivity index is 1.65. The predicted molar refractivity (Wildman–Crippen MR) is 84.6 cm³/mol. The highest BCUT2D eigenvalue weighted by molar-refractivity contribution is 5.35. The number of piperazine rings is 1. The smallest absolute Gasteiger partial charge is 0.243 e. The fourth-order valence-corrected chi connectivity index (χ4v) is 2.72. The Hall–Kier alpha value is -2.22. The summed E-state index contributed by atoms with van der Waals surface area (Å²) in [6.07, 6.45) is 0. The summed E-state index contributed by atoms with van der Waals surface area (Å²) in [6, 6.07) is 1.95. The summed E-state index contributed by atoms with van der Waals surface area (Å²) in [5.74, 6) is 2.67. The zero-order valence-electron chi connectivity index (χ0n) is 14.0. The molecule has 23 heavy (non-hydrogen) atoms. The van der Waals surface area contributed by atoms with Crippen LogP contribution in [0.5, 0.6) is 5.88 Å². The molecule has 0 N–H and O–H groups in total. The molecule has 8 nitrogen and oxygen atoms in total. The van der Waals surface area contributed by atoms with E-state index in [9.17, 15) is 0 Å². The largest absolute Gasteiger partial charge is 0.481 e. The van der Waals surface area contributed by atoms with Crippen molar-refractivity contribution < 1.29 is 9.26 Å². The normalized spacial score (nSPS) is 17.3. The predicted octanol–water partition coefficient (Wildman–Crippen LogP) is 1.37. The molecular weight excluding hydrogens is 296 g/mol. The van der Waals surface area contributed by atoms with E-state index in [0.717, 1.165) is 37.8 Å². The number of anilines is 1. The molecule has 3 heterocycles. The molecule has 1 atom stereocenters. The van der Waals surface area contributed by atoms with Crippen LogP contribution in [0.3, 0.4) is 0 Å². The van der Waals surface area contributed by atoms with E-state index in [1.54, 1.807) is 7.11 Å². The van der Waals surface area contributed by atoms with Gasteiger partial charge in [-0.3, -0.25) is 4.90 Å². The third-order valence-corrected chi connectivity index (χ3v) is 4.07. The Bertz CT molecular complexity index is 666. The fourth-order valence-electron chi connectivity index (χ4n) is 2.72. The number of hydrogen-bond acceptors (Lipinski definition) is 8. The van der Waals surface area contributed by atoms with E-state index in [-0.39, 0.29) is 6.04 Å². The maximum atomic E-state index is 5.28. The lowest BCUT2D eigenvalue weighted by Gasteiger charge is -2.36. The van der Waals surface area contributed by atoms with Crippen molar-refractivity contribution in [2.24, 2.45) is 0 Å². The van der Waals surface area contributed by atoms with Gasteiger partial charge in [-0.05, 0) is 20.8 Å². The Labute approximate surface area is 135 Å². The summed E-state index contributed by atoms with van der Waals surface area (Å²) in [4.78, 5) is 17.8. The van der Waals surface area contributed by atoms with Gasteiger partial charge in [-0.1, -0.05) is 5.16 Å². The Morgan fingerprint density at radius 1 is 1.13 bits per heavy atom. The molecule has 0 spiro atoms. The van der Waals surface area contributed by atoms with Gasteiger partial charge in [0.05, 0.1) is 13.2 Å². The van der Waals surface area contributed by atoms with Crippen LogP contribution in [0.15, 0.2) is 10.6 Å². The van der Waals surface area contributed by atoms with E-state index in [2.05, 4.69) is 36.8 Å².